The van der Waals surface area contributed by atoms with Crippen molar-refractivity contribution in [2.75, 3.05) is 13.2 Å². The summed E-state index contributed by atoms with van der Waals surface area (Å²) in [6.45, 7) is 1.17. The molecule has 0 aromatic rings. The minimum atomic E-state index is -5.11. The summed E-state index contributed by atoms with van der Waals surface area (Å²) in [5.74, 6) is -0.439. The van der Waals surface area contributed by atoms with E-state index in [0.29, 0.717) is 0 Å². The maximum Gasteiger partial charge on any atom is 0.305 e. The van der Waals surface area contributed by atoms with E-state index in [0.717, 1.165) is 19.3 Å². The predicted octanol–water partition coefficient (Wildman–Crippen LogP) is 4.00. The van der Waals surface area contributed by atoms with Crippen LogP contribution in [0.25, 0.3) is 0 Å². The average molecular weight is 437 g/mol. The van der Waals surface area contributed by atoms with Gasteiger partial charge in [0.05, 0.1) is 14.4 Å². The summed E-state index contributed by atoms with van der Waals surface area (Å²) >= 11 is 0. The molecule has 0 aliphatic rings. The monoisotopic (exact) mass is 436 g/mol. The summed E-state index contributed by atoms with van der Waals surface area (Å²) in [5, 5.41) is 9.36. The molecule has 0 aromatic heterocycles. The van der Waals surface area contributed by atoms with Crippen LogP contribution in [-0.4, -0.2) is 30.4 Å². The first kappa shape index (κ1) is 28.5. The van der Waals surface area contributed by atoms with Crippen molar-refractivity contribution in [3.63, 3.8) is 0 Å². The van der Waals surface area contributed by atoms with Crippen molar-refractivity contribution in [1.29, 1.82) is 0 Å². The van der Waals surface area contributed by atoms with Crippen LogP contribution in [0.2, 0.25) is 0 Å². The van der Waals surface area contributed by atoms with Crippen LogP contribution in [-0.2, 0) is 18.6 Å². The van der Waals surface area contributed by atoms with Gasteiger partial charge in [0.1, 0.15) is 12.7 Å². The Morgan fingerprint density at radius 1 is 0.793 bits per heavy atom. The van der Waals surface area contributed by atoms with Crippen LogP contribution in [0, 0.1) is 0 Å². The Labute approximate surface area is 176 Å². The fourth-order valence-electron chi connectivity index (χ4n) is 3.13. The molecule has 1 N–H and O–H groups in total. The lowest BCUT2D eigenvalue weighted by Crippen LogP contribution is -2.26. The molecule has 0 aliphatic carbocycles. The molecule has 0 saturated carbocycles. The third-order valence-electron chi connectivity index (χ3n) is 4.85. The highest BCUT2D eigenvalue weighted by Gasteiger charge is 2.09. The molecule has 0 radical (unpaired) electrons. The zero-order chi connectivity index (χ0) is 21.8. The number of phosphoric ester groups is 1. The van der Waals surface area contributed by atoms with Gasteiger partial charge in [-0.05, 0) is 6.42 Å². The maximum atomic E-state index is 11.5. The number of phosphoric acid groups is 1. The van der Waals surface area contributed by atoms with E-state index in [9.17, 15) is 24.3 Å². The predicted molar refractivity (Wildman–Crippen MR) is 110 cm³/mol. The molecule has 0 unspecified atom stereocenters. The molecule has 0 amide bonds. The Bertz CT molecular complexity index is 425. The zero-order valence-electron chi connectivity index (χ0n) is 18.1. The Balaban J connectivity index is 3.29. The van der Waals surface area contributed by atoms with Crippen molar-refractivity contribution in [3.05, 3.63) is 0 Å². The third-order valence-corrected chi connectivity index (χ3v) is 5.31. The topological polar surface area (TPSA) is 119 Å². The van der Waals surface area contributed by atoms with Crippen LogP contribution < -0.4 is 9.79 Å². The zero-order valence-corrected chi connectivity index (χ0v) is 19.0. The van der Waals surface area contributed by atoms with Crippen LogP contribution in [0.4, 0.5) is 0 Å². The van der Waals surface area contributed by atoms with E-state index in [2.05, 4.69) is 11.4 Å². The van der Waals surface area contributed by atoms with E-state index in [1.807, 2.05) is 0 Å². The van der Waals surface area contributed by atoms with Crippen molar-refractivity contribution in [2.24, 2.45) is 0 Å². The standard InChI is InChI=1S/C21H43O7P/c1-2-3-4-5-6-7-8-9-10-11-12-13-14-15-16-17-21(23)27-18-20(22)19-28-29(24,25)26/h20,22H,2-19H2,1H3,(H2,24,25,26)/p-2/t20-/m1/s1. The van der Waals surface area contributed by atoms with Gasteiger partial charge in [0.15, 0.2) is 0 Å². The van der Waals surface area contributed by atoms with Gasteiger partial charge in [-0.25, -0.2) is 0 Å². The molecular formula is C21H41O7P-2. The Hall–Kier alpha value is -0.460. The van der Waals surface area contributed by atoms with Crippen molar-refractivity contribution in [3.8, 4) is 0 Å². The van der Waals surface area contributed by atoms with Gasteiger partial charge in [-0.1, -0.05) is 96.8 Å². The first-order chi connectivity index (χ1) is 13.8. The highest BCUT2D eigenvalue weighted by molar-refractivity contribution is 7.43. The SMILES string of the molecule is CCCCCCCCCCCCCCCCCC(=O)OC[C@@H](O)COP(=O)([O-])[O-]. The second-order valence-corrected chi connectivity index (χ2v) is 8.93. The molecule has 174 valence electrons. The number of aliphatic hydroxyl groups is 1. The lowest BCUT2D eigenvalue weighted by Gasteiger charge is -2.29. The highest BCUT2D eigenvalue weighted by atomic mass is 31.2. The van der Waals surface area contributed by atoms with E-state index in [1.54, 1.807) is 0 Å². The quantitative estimate of drug-likeness (QED) is 0.164. The fourth-order valence-corrected chi connectivity index (χ4v) is 3.48. The number of esters is 1. The lowest BCUT2D eigenvalue weighted by atomic mass is 10.0. The second kappa shape index (κ2) is 19.5. The van der Waals surface area contributed by atoms with Gasteiger partial charge in [-0.2, -0.15) is 0 Å². The summed E-state index contributed by atoms with van der Waals surface area (Å²) in [6, 6.07) is 0. The van der Waals surface area contributed by atoms with Gasteiger partial charge in [-0.3, -0.25) is 4.79 Å². The number of hydrogen-bond acceptors (Lipinski definition) is 7. The van der Waals surface area contributed by atoms with Crippen LogP contribution in [0.1, 0.15) is 110 Å². The van der Waals surface area contributed by atoms with Gasteiger partial charge in [0.25, 0.3) is 0 Å². The first-order valence-electron chi connectivity index (χ1n) is 11.4. The van der Waals surface area contributed by atoms with E-state index in [-0.39, 0.29) is 13.0 Å². The van der Waals surface area contributed by atoms with Crippen LogP contribution in [0.3, 0.4) is 0 Å². The number of unbranched alkanes of at least 4 members (excludes halogenated alkanes) is 14. The van der Waals surface area contributed by atoms with Gasteiger partial charge >= 0.3 is 5.97 Å². The van der Waals surface area contributed by atoms with Crippen molar-refractivity contribution < 1.29 is 33.5 Å². The molecule has 8 heteroatoms. The minimum absolute atomic E-state index is 0.271. The largest absolute Gasteiger partial charge is 0.790 e. The van der Waals surface area contributed by atoms with Crippen molar-refractivity contribution in [2.45, 2.75) is 116 Å². The molecular weight excluding hydrogens is 395 g/mol. The summed E-state index contributed by atoms with van der Waals surface area (Å²) in [5.41, 5.74) is 0. The van der Waals surface area contributed by atoms with Crippen LogP contribution in [0.5, 0.6) is 0 Å². The number of carbonyl (C=O) groups excluding carboxylic acids is 1. The van der Waals surface area contributed by atoms with Gasteiger partial charge < -0.3 is 28.7 Å². The van der Waals surface area contributed by atoms with Crippen molar-refractivity contribution >= 4 is 13.8 Å². The number of rotatable bonds is 21. The number of hydrogen-bond donors (Lipinski definition) is 1. The summed E-state index contributed by atoms with van der Waals surface area (Å²) in [6.07, 6.45) is 17.7. The second-order valence-electron chi connectivity index (χ2n) is 7.78. The smallest absolute Gasteiger partial charge is 0.305 e. The van der Waals surface area contributed by atoms with E-state index in [1.165, 1.54) is 77.0 Å². The lowest BCUT2D eigenvalue weighted by molar-refractivity contribution is -0.342. The molecule has 0 aromatic carbocycles. The normalized spacial score (nSPS) is 12.8. The highest BCUT2D eigenvalue weighted by Crippen LogP contribution is 2.24. The van der Waals surface area contributed by atoms with E-state index in [4.69, 9.17) is 4.74 Å². The van der Waals surface area contributed by atoms with Crippen molar-refractivity contribution in [1.82, 2.24) is 0 Å². The number of ether oxygens (including phenoxy) is 1. The van der Waals surface area contributed by atoms with Gasteiger partial charge in [-0.15, -0.1) is 0 Å². The van der Waals surface area contributed by atoms with Crippen LogP contribution >= 0.6 is 7.82 Å². The van der Waals surface area contributed by atoms with Crippen LogP contribution in [0.15, 0.2) is 0 Å². The van der Waals surface area contributed by atoms with E-state index < -0.39 is 26.5 Å². The minimum Gasteiger partial charge on any atom is -0.790 e. The first-order valence-corrected chi connectivity index (χ1v) is 12.8. The van der Waals surface area contributed by atoms with Gasteiger partial charge in [0, 0.05) is 6.42 Å². The Kier molecular flexibility index (Phi) is 19.2. The van der Waals surface area contributed by atoms with E-state index >= 15 is 0 Å². The fraction of sp³-hybridized carbons (Fsp3) is 0.952. The summed E-state index contributed by atoms with van der Waals surface area (Å²) in [7, 11) is -5.11. The third kappa shape index (κ3) is 23.7. The molecule has 0 bridgehead atoms. The van der Waals surface area contributed by atoms with Gasteiger partial charge in [0.2, 0.25) is 0 Å². The molecule has 0 fully saturated rings. The Morgan fingerprint density at radius 2 is 1.21 bits per heavy atom. The maximum absolute atomic E-state index is 11.5. The Morgan fingerprint density at radius 3 is 1.62 bits per heavy atom. The molecule has 1 atom stereocenters. The molecule has 0 saturated heterocycles. The number of carbonyl (C=O) groups is 1. The molecule has 29 heavy (non-hydrogen) atoms. The average Bonchev–Trinajstić information content (AvgIpc) is 2.67. The number of aliphatic hydroxyl groups excluding tert-OH is 1. The molecule has 0 spiro atoms. The molecule has 7 nitrogen and oxygen atoms in total. The molecule has 0 rings (SSSR count). The molecule has 0 aliphatic heterocycles. The molecule has 0 heterocycles. The summed E-state index contributed by atoms with van der Waals surface area (Å²) < 4.78 is 19.0. The summed E-state index contributed by atoms with van der Waals surface area (Å²) in [4.78, 5) is 32.1.